The van der Waals surface area contributed by atoms with Gasteiger partial charge in [0.05, 0.1) is 6.61 Å². The summed E-state index contributed by atoms with van der Waals surface area (Å²) in [6.07, 6.45) is 0. The van der Waals surface area contributed by atoms with Crippen molar-refractivity contribution in [2.24, 2.45) is 0 Å². The Morgan fingerprint density at radius 3 is 2.44 bits per heavy atom. The highest BCUT2D eigenvalue weighted by Gasteiger charge is 2.23. The van der Waals surface area contributed by atoms with Gasteiger partial charge in [-0.2, -0.15) is 12.7 Å². The molecule has 0 radical (unpaired) electrons. The third-order valence-electron chi connectivity index (χ3n) is 2.12. The first-order valence-electron chi connectivity index (χ1n) is 5.32. The number of benzene rings is 1. The summed E-state index contributed by atoms with van der Waals surface area (Å²) in [7, 11) is 1.31. The topological polar surface area (TPSA) is 63.7 Å². The number of carbonyl (C=O) groups is 1. The van der Waals surface area contributed by atoms with E-state index in [1.54, 1.807) is 31.2 Å². The lowest BCUT2D eigenvalue weighted by Gasteiger charge is -2.17. The minimum absolute atomic E-state index is 0.0332. The van der Waals surface area contributed by atoms with Gasteiger partial charge < -0.3 is 4.74 Å². The van der Waals surface area contributed by atoms with Crippen LogP contribution in [0.25, 0.3) is 0 Å². The fourth-order valence-electron chi connectivity index (χ4n) is 1.35. The molecule has 0 aliphatic heterocycles. The van der Waals surface area contributed by atoms with Gasteiger partial charge in [0.25, 0.3) is 0 Å². The zero-order valence-electron chi connectivity index (χ0n) is 9.87. The van der Waals surface area contributed by atoms with Crippen LogP contribution in [0.15, 0.2) is 30.3 Å². The van der Waals surface area contributed by atoms with E-state index in [2.05, 4.69) is 0 Å². The molecule has 0 aliphatic carbocycles. The summed E-state index contributed by atoms with van der Waals surface area (Å²) in [6.45, 7) is 1.48. The number of hydrogen-bond acceptors (Lipinski definition) is 4. The summed E-state index contributed by atoms with van der Waals surface area (Å²) >= 11 is 0. The van der Waals surface area contributed by atoms with Gasteiger partial charge in [0.1, 0.15) is 6.54 Å². The monoisotopic (exact) mass is 291 g/mol. The number of rotatable bonds is 6. The Morgan fingerprint density at radius 2 is 1.94 bits per heavy atom. The van der Waals surface area contributed by atoms with Gasteiger partial charge in [0, 0.05) is 17.2 Å². The van der Waals surface area contributed by atoms with Crippen molar-refractivity contribution < 1.29 is 17.9 Å². The van der Waals surface area contributed by atoms with Crippen molar-refractivity contribution in [3.05, 3.63) is 35.9 Å². The molecule has 0 bridgehead atoms. The zero-order valence-corrected chi connectivity index (χ0v) is 11.4. The molecule has 0 heterocycles. The summed E-state index contributed by atoms with van der Waals surface area (Å²) in [4.78, 5) is 11.3. The molecular weight excluding hydrogens is 278 g/mol. The quantitative estimate of drug-likeness (QED) is 0.589. The van der Waals surface area contributed by atoms with Gasteiger partial charge in [-0.15, -0.1) is 0 Å². The maximum absolute atomic E-state index is 11.4. The fourth-order valence-corrected chi connectivity index (χ4v) is 2.20. The molecule has 1 aromatic rings. The third kappa shape index (κ3) is 5.03. The molecule has 18 heavy (non-hydrogen) atoms. The number of nitrogens with zero attached hydrogens (tertiary/aromatic N) is 1. The molecule has 0 saturated heterocycles. The number of ether oxygens (including phenoxy) is 1. The van der Waals surface area contributed by atoms with Gasteiger partial charge in [-0.05, 0) is 12.5 Å². The molecule has 1 rings (SSSR count). The maximum Gasteiger partial charge on any atom is 0.321 e. The molecule has 5 nitrogen and oxygen atoms in total. The van der Waals surface area contributed by atoms with Crippen molar-refractivity contribution in [3.8, 4) is 0 Å². The van der Waals surface area contributed by atoms with Gasteiger partial charge >= 0.3 is 15.2 Å². The van der Waals surface area contributed by atoms with E-state index in [-0.39, 0.29) is 13.2 Å². The molecule has 0 unspecified atom stereocenters. The number of hydrogen-bond donors (Lipinski definition) is 0. The maximum atomic E-state index is 11.4. The molecule has 0 saturated carbocycles. The standard InChI is InChI=1S/C11H14ClNO4S/c1-2-17-11(14)9-13(18(12,15)16)8-10-6-4-3-5-7-10/h3-7H,2,8-9H2,1H3. The van der Waals surface area contributed by atoms with Gasteiger partial charge in [-0.3, -0.25) is 4.79 Å². The Balaban J connectivity index is 2.78. The van der Waals surface area contributed by atoms with Crippen molar-refractivity contribution in [2.75, 3.05) is 13.2 Å². The van der Waals surface area contributed by atoms with Gasteiger partial charge in [-0.1, -0.05) is 30.3 Å². The van der Waals surface area contributed by atoms with Gasteiger partial charge in [-0.25, -0.2) is 0 Å². The van der Waals surface area contributed by atoms with E-state index in [4.69, 9.17) is 15.4 Å². The second-order valence-electron chi connectivity index (χ2n) is 3.50. The fraction of sp³-hybridized carbons (Fsp3) is 0.364. The van der Waals surface area contributed by atoms with Crippen LogP contribution in [0.3, 0.4) is 0 Å². The van der Waals surface area contributed by atoms with Crippen LogP contribution in [0.1, 0.15) is 12.5 Å². The summed E-state index contributed by atoms with van der Waals surface area (Å²) in [5.41, 5.74) is 0.742. The second-order valence-corrected chi connectivity index (χ2v) is 6.01. The molecule has 0 N–H and O–H groups in total. The van der Waals surface area contributed by atoms with Crippen molar-refractivity contribution >= 4 is 25.9 Å². The minimum atomic E-state index is -3.97. The van der Waals surface area contributed by atoms with Crippen LogP contribution in [0.4, 0.5) is 0 Å². The highest BCUT2D eigenvalue weighted by atomic mass is 35.7. The Morgan fingerprint density at radius 1 is 1.33 bits per heavy atom. The Bertz CT molecular complexity index is 489. The van der Waals surface area contributed by atoms with Gasteiger partial charge in [0.2, 0.25) is 0 Å². The third-order valence-corrected chi connectivity index (χ3v) is 3.58. The molecule has 1 aromatic carbocycles. The molecule has 0 amide bonds. The van der Waals surface area contributed by atoms with Crippen molar-refractivity contribution in [3.63, 3.8) is 0 Å². The first-order chi connectivity index (χ1) is 8.43. The van der Waals surface area contributed by atoms with E-state index < -0.39 is 21.8 Å². The van der Waals surface area contributed by atoms with Crippen LogP contribution in [0.2, 0.25) is 0 Å². The van der Waals surface area contributed by atoms with Crippen molar-refractivity contribution in [1.29, 1.82) is 0 Å². The average Bonchev–Trinajstić information content (AvgIpc) is 2.28. The number of esters is 1. The zero-order chi connectivity index (χ0) is 13.6. The predicted molar refractivity (Wildman–Crippen MR) is 68.3 cm³/mol. The smallest absolute Gasteiger partial charge is 0.321 e. The molecule has 0 aromatic heterocycles. The van der Waals surface area contributed by atoms with E-state index in [9.17, 15) is 13.2 Å². The summed E-state index contributed by atoms with van der Waals surface area (Å²) in [6, 6.07) is 8.87. The van der Waals surface area contributed by atoms with Crippen LogP contribution in [0, 0.1) is 0 Å². The number of halogens is 1. The van der Waals surface area contributed by atoms with Crippen LogP contribution < -0.4 is 0 Å². The van der Waals surface area contributed by atoms with Crippen molar-refractivity contribution in [1.82, 2.24) is 4.31 Å². The van der Waals surface area contributed by atoms with Crippen LogP contribution >= 0.6 is 10.7 Å². The van der Waals surface area contributed by atoms with E-state index in [1.165, 1.54) is 0 Å². The summed E-state index contributed by atoms with van der Waals surface area (Å²) in [5.74, 6) is -0.627. The Kier molecular flexibility index (Phi) is 5.58. The largest absolute Gasteiger partial charge is 0.465 e. The Labute approximate surface area is 111 Å². The molecular formula is C11H14ClNO4S. The predicted octanol–water partition coefficient (Wildman–Crippen LogP) is 1.54. The molecule has 0 atom stereocenters. The normalized spacial score (nSPS) is 11.5. The first-order valence-corrected chi connectivity index (χ1v) is 7.59. The summed E-state index contributed by atoms with van der Waals surface area (Å²) < 4.78 is 28.3. The molecule has 0 fully saturated rings. The second kappa shape index (κ2) is 6.72. The molecule has 100 valence electrons. The number of carbonyl (C=O) groups excluding carboxylic acids is 1. The Hall–Kier alpha value is -1.11. The highest BCUT2D eigenvalue weighted by Crippen LogP contribution is 2.12. The minimum Gasteiger partial charge on any atom is -0.465 e. The van der Waals surface area contributed by atoms with Crippen LogP contribution in [-0.4, -0.2) is 31.8 Å². The lowest BCUT2D eigenvalue weighted by atomic mass is 10.2. The first kappa shape index (κ1) is 14.9. The molecule has 0 aliphatic rings. The molecule has 7 heteroatoms. The lowest BCUT2D eigenvalue weighted by molar-refractivity contribution is -0.143. The highest BCUT2D eigenvalue weighted by molar-refractivity contribution is 8.11. The van der Waals surface area contributed by atoms with E-state index in [0.717, 1.165) is 9.87 Å². The van der Waals surface area contributed by atoms with E-state index in [1.807, 2.05) is 6.07 Å². The van der Waals surface area contributed by atoms with Gasteiger partial charge in [0.15, 0.2) is 0 Å². The average molecular weight is 292 g/mol. The molecule has 0 spiro atoms. The van der Waals surface area contributed by atoms with E-state index >= 15 is 0 Å². The van der Waals surface area contributed by atoms with Crippen LogP contribution in [0.5, 0.6) is 0 Å². The van der Waals surface area contributed by atoms with E-state index in [0.29, 0.717) is 0 Å². The van der Waals surface area contributed by atoms with Crippen LogP contribution in [-0.2, 0) is 25.3 Å². The SMILES string of the molecule is CCOC(=O)CN(Cc1ccccc1)S(=O)(=O)Cl. The van der Waals surface area contributed by atoms with Crippen molar-refractivity contribution in [2.45, 2.75) is 13.5 Å². The summed E-state index contributed by atoms with van der Waals surface area (Å²) in [5, 5.41) is 0. The lowest BCUT2D eigenvalue weighted by Crippen LogP contribution is -2.33.